The number of hydrogen-bond donors (Lipinski definition) is 0. The van der Waals surface area contributed by atoms with Crippen molar-refractivity contribution in [3.8, 4) is 11.5 Å². The van der Waals surface area contributed by atoms with Gasteiger partial charge in [0.1, 0.15) is 11.5 Å². The highest BCUT2D eigenvalue weighted by Crippen LogP contribution is 2.33. The molecular formula is C17H15ClO3. The Morgan fingerprint density at radius 1 is 1.29 bits per heavy atom. The van der Waals surface area contributed by atoms with Crippen LogP contribution in [0.5, 0.6) is 11.5 Å². The molecule has 0 unspecified atom stereocenters. The van der Waals surface area contributed by atoms with E-state index in [-0.39, 0.29) is 12.2 Å². The van der Waals surface area contributed by atoms with Crippen molar-refractivity contribution in [2.24, 2.45) is 0 Å². The first kappa shape index (κ1) is 14.0. The lowest BCUT2D eigenvalue weighted by atomic mass is 10.00. The molecule has 21 heavy (non-hydrogen) atoms. The van der Waals surface area contributed by atoms with Gasteiger partial charge in [0.05, 0.1) is 13.7 Å². The average molecular weight is 303 g/mol. The predicted octanol–water partition coefficient (Wildman–Crippen LogP) is 3.71. The number of halogens is 1. The van der Waals surface area contributed by atoms with Crippen LogP contribution in [0.2, 0.25) is 5.02 Å². The molecule has 108 valence electrons. The van der Waals surface area contributed by atoms with Gasteiger partial charge in [0.2, 0.25) is 0 Å². The van der Waals surface area contributed by atoms with E-state index in [0.29, 0.717) is 17.2 Å². The summed E-state index contributed by atoms with van der Waals surface area (Å²) in [6.45, 7) is 0.652. The van der Waals surface area contributed by atoms with Gasteiger partial charge in [0, 0.05) is 29.0 Å². The lowest BCUT2D eigenvalue weighted by Crippen LogP contribution is -2.05. The molecular weight excluding hydrogens is 288 g/mol. The molecule has 3 rings (SSSR count). The molecule has 0 N–H and O–H groups in total. The standard InChI is InChI=1S/C17H15ClO3/c1-20-15-4-2-11(3-5-15)16(19)10-13-9-14(18)8-12-6-7-21-17(12)13/h2-5,8-9H,6-7,10H2,1H3. The summed E-state index contributed by atoms with van der Waals surface area (Å²) in [6.07, 6.45) is 1.13. The Kier molecular flexibility index (Phi) is 3.84. The van der Waals surface area contributed by atoms with Crippen molar-refractivity contribution >= 4 is 17.4 Å². The van der Waals surface area contributed by atoms with Gasteiger partial charge < -0.3 is 9.47 Å². The molecule has 4 heteroatoms. The van der Waals surface area contributed by atoms with Gasteiger partial charge in [-0.25, -0.2) is 0 Å². The highest BCUT2D eigenvalue weighted by Gasteiger charge is 2.19. The van der Waals surface area contributed by atoms with Crippen LogP contribution in [0, 0.1) is 0 Å². The molecule has 0 aliphatic carbocycles. The zero-order valence-corrected chi connectivity index (χ0v) is 12.4. The monoisotopic (exact) mass is 302 g/mol. The summed E-state index contributed by atoms with van der Waals surface area (Å²) in [5, 5.41) is 0.650. The molecule has 0 amide bonds. The van der Waals surface area contributed by atoms with E-state index in [1.807, 2.05) is 12.1 Å². The van der Waals surface area contributed by atoms with Crippen LogP contribution in [-0.4, -0.2) is 19.5 Å². The summed E-state index contributed by atoms with van der Waals surface area (Å²) >= 11 is 6.11. The Balaban J connectivity index is 1.84. The molecule has 0 radical (unpaired) electrons. The zero-order valence-electron chi connectivity index (χ0n) is 11.7. The zero-order chi connectivity index (χ0) is 14.8. The second-order valence-corrected chi connectivity index (χ2v) is 5.42. The summed E-state index contributed by atoms with van der Waals surface area (Å²) in [5.41, 5.74) is 2.60. The van der Waals surface area contributed by atoms with Crippen LogP contribution in [0.25, 0.3) is 0 Å². The maximum absolute atomic E-state index is 12.4. The van der Waals surface area contributed by atoms with Crippen LogP contribution in [-0.2, 0) is 12.8 Å². The third kappa shape index (κ3) is 2.88. The maximum Gasteiger partial charge on any atom is 0.167 e. The lowest BCUT2D eigenvalue weighted by Gasteiger charge is -2.09. The van der Waals surface area contributed by atoms with Gasteiger partial charge in [-0.2, -0.15) is 0 Å². The summed E-state index contributed by atoms with van der Waals surface area (Å²) < 4.78 is 10.7. The smallest absolute Gasteiger partial charge is 0.167 e. The van der Waals surface area contributed by atoms with E-state index in [1.54, 1.807) is 31.4 Å². The largest absolute Gasteiger partial charge is 0.497 e. The van der Waals surface area contributed by atoms with Gasteiger partial charge in [-0.1, -0.05) is 11.6 Å². The molecule has 0 saturated heterocycles. The molecule has 1 heterocycles. The first-order valence-electron chi connectivity index (χ1n) is 6.79. The minimum Gasteiger partial charge on any atom is -0.497 e. The first-order valence-corrected chi connectivity index (χ1v) is 7.16. The summed E-state index contributed by atoms with van der Waals surface area (Å²) in [6, 6.07) is 10.8. The van der Waals surface area contributed by atoms with E-state index >= 15 is 0 Å². The van der Waals surface area contributed by atoms with Crippen molar-refractivity contribution in [1.82, 2.24) is 0 Å². The molecule has 1 aliphatic rings. The van der Waals surface area contributed by atoms with E-state index < -0.39 is 0 Å². The maximum atomic E-state index is 12.4. The average Bonchev–Trinajstić information content (AvgIpc) is 2.95. The molecule has 0 bridgehead atoms. The summed E-state index contributed by atoms with van der Waals surface area (Å²) in [5.74, 6) is 1.59. The Morgan fingerprint density at radius 3 is 2.76 bits per heavy atom. The number of fused-ring (bicyclic) bond motifs is 1. The van der Waals surface area contributed by atoms with Crippen LogP contribution < -0.4 is 9.47 Å². The van der Waals surface area contributed by atoms with Crippen molar-refractivity contribution in [3.63, 3.8) is 0 Å². The van der Waals surface area contributed by atoms with Gasteiger partial charge in [-0.3, -0.25) is 4.79 Å². The number of carbonyl (C=O) groups is 1. The van der Waals surface area contributed by atoms with Crippen molar-refractivity contribution in [1.29, 1.82) is 0 Å². The van der Waals surface area contributed by atoms with E-state index in [1.165, 1.54) is 0 Å². The second-order valence-electron chi connectivity index (χ2n) is 4.98. The summed E-state index contributed by atoms with van der Waals surface area (Å²) in [4.78, 5) is 12.4. The number of methoxy groups -OCH3 is 1. The minimum absolute atomic E-state index is 0.0395. The number of hydrogen-bond acceptors (Lipinski definition) is 3. The Bertz CT molecular complexity index is 677. The predicted molar refractivity (Wildman–Crippen MR) is 81.7 cm³/mol. The topological polar surface area (TPSA) is 35.5 Å². The van der Waals surface area contributed by atoms with Gasteiger partial charge in [0.15, 0.2) is 5.78 Å². The fourth-order valence-corrected chi connectivity index (χ4v) is 2.79. The minimum atomic E-state index is 0.0395. The molecule has 0 atom stereocenters. The van der Waals surface area contributed by atoms with Crippen LogP contribution in [0.3, 0.4) is 0 Å². The molecule has 0 spiro atoms. The fourth-order valence-electron chi connectivity index (χ4n) is 2.53. The normalized spacial score (nSPS) is 12.7. The quantitative estimate of drug-likeness (QED) is 0.808. The Hall–Kier alpha value is -2.00. The van der Waals surface area contributed by atoms with Crippen LogP contribution in [0.15, 0.2) is 36.4 Å². The van der Waals surface area contributed by atoms with E-state index in [4.69, 9.17) is 21.1 Å². The second kappa shape index (κ2) is 5.78. The van der Waals surface area contributed by atoms with Gasteiger partial charge in [-0.15, -0.1) is 0 Å². The highest BCUT2D eigenvalue weighted by molar-refractivity contribution is 6.30. The molecule has 2 aromatic rings. The van der Waals surface area contributed by atoms with Crippen LogP contribution >= 0.6 is 11.6 Å². The van der Waals surface area contributed by atoms with Crippen LogP contribution in [0.1, 0.15) is 21.5 Å². The van der Waals surface area contributed by atoms with E-state index in [2.05, 4.69) is 0 Å². The highest BCUT2D eigenvalue weighted by atomic mass is 35.5. The van der Waals surface area contributed by atoms with Crippen molar-refractivity contribution in [2.45, 2.75) is 12.8 Å². The SMILES string of the molecule is COc1ccc(C(=O)Cc2cc(Cl)cc3c2OCC3)cc1. The third-order valence-corrected chi connectivity index (χ3v) is 3.81. The molecule has 2 aromatic carbocycles. The fraction of sp³-hybridized carbons (Fsp3) is 0.235. The molecule has 0 aromatic heterocycles. The van der Waals surface area contributed by atoms with Gasteiger partial charge >= 0.3 is 0 Å². The van der Waals surface area contributed by atoms with Crippen molar-refractivity contribution in [2.75, 3.05) is 13.7 Å². The van der Waals surface area contributed by atoms with Gasteiger partial charge in [-0.05, 0) is 42.0 Å². The number of ketones is 1. The van der Waals surface area contributed by atoms with Crippen molar-refractivity contribution in [3.05, 3.63) is 58.1 Å². The number of ether oxygens (including phenoxy) is 2. The number of rotatable bonds is 4. The van der Waals surface area contributed by atoms with E-state index in [0.717, 1.165) is 29.0 Å². The molecule has 0 fully saturated rings. The molecule has 3 nitrogen and oxygen atoms in total. The van der Waals surface area contributed by atoms with Crippen LogP contribution in [0.4, 0.5) is 0 Å². The molecule has 1 aliphatic heterocycles. The van der Waals surface area contributed by atoms with Gasteiger partial charge in [0.25, 0.3) is 0 Å². The lowest BCUT2D eigenvalue weighted by molar-refractivity contribution is 0.0992. The Morgan fingerprint density at radius 2 is 2.05 bits per heavy atom. The molecule has 0 saturated carbocycles. The van der Waals surface area contributed by atoms with Crippen molar-refractivity contribution < 1.29 is 14.3 Å². The number of benzene rings is 2. The number of Topliss-reactive ketones (excluding diaryl/α,β-unsaturated/α-hetero) is 1. The first-order chi connectivity index (χ1) is 10.2. The Labute approximate surface area is 128 Å². The summed E-state index contributed by atoms with van der Waals surface area (Å²) in [7, 11) is 1.60. The number of carbonyl (C=O) groups excluding carboxylic acids is 1. The third-order valence-electron chi connectivity index (χ3n) is 3.59. The van der Waals surface area contributed by atoms with E-state index in [9.17, 15) is 4.79 Å².